The van der Waals surface area contributed by atoms with Crippen molar-refractivity contribution in [2.75, 3.05) is 13.1 Å². The first-order valence-corrected chi connectivity index (χ1v) is 6.28. The first kappa shape index (κ1) is 13.4. The molecule has 1 aliphatic heterocycles. The van der Waals surface area contributed by atoms with Gasteiger partial charge < -0.3 is 10.2 Å². The van der Waals surface area contributed by atoms with Gasteiger partial charge in [0.1, 0.15) is 11.3 Å². The lowest BCUT2D eigenvalue weighted by atomic mass is 10.2. The van der Waals surface area contributed by atoms with Gasteiger partial charge in [0.15, 0.2) is 0 Å². The summed E-state index contributed by atoms with van der Waals surface area (Å²) in [6, 6.07) is 10.8. The highest BCUT2D eigenvalue weighted by atomic mass is 35.5. The smallest absolute Gasteiger partial charge is 0.134 e. The lowest BCUT2D eigenvalue weighted by molar-refractivity contribution is 0.232. The number of hydrogen-bond acceptors (Lipinski definition) is 3. The molecule has 3 rings (SSSR count). The minimum Gasteiger partial charge on any atom is -0.460 e. The molecule has 1 fully saturated rings. The summed E-state index contributed by atoms with van der Waals surface area (Å²) in [6.07, 6.45) is 2.47. The van der Waals surface area contributed by atoms with E-state index in [9.17, 15) is 0 Å². The van der Waals surface area contributed by atoms with Crippen LogP contribution in [0.5, 0.6) is 0 Å². The number of halogens is 1. The van der Waals surface area contributed by atoms with E-state index in [4.69, 9.17) is 10.2 Å². The SMILES string of the molecule is Cl.NCC1CCCN1Cc1cc2ccccc2o1. The second-order valence-corrected chi connectivity index (χ2v) is 4.75. The van der Waals surface area contributed by atoms with Crippen LogP contribution in [-0.2, 0) is 6.54 Å². The minimum absolute atomic E-state index is 0. The van der Waals surface area contributed by atoms with Crippen molar-refractivity contribution in [3.63, 3.8) is 0 Å². The number of nitrogens with zero attached hydrogens (tertiary/aromatic N) is 1. The Morgan fingerprint density at radius 2 is 2.17 bits per heavy atom. The summed E-state index contributed by atoms with van der Waals surface area (Å²) >= 11 is 0. The fraction of sp³-hybridized carbons (Fsp3) is 0.429. The predicted molar refractivity (Wildman–Crippen MR) is 75.9 cm³/mol. The molecule has 2 aromatic rings. The zero-order valence-electron chi connectivity index (χ0n) is 10.3. The van der Waals surface area contributed by atoms with Crippen molar-refractivity contribution in [1.29, 1.82) is 0 Å². The van der Waals surface area contributed by atoms with Crippen LogP contribution in [0.1, 0.15) is 18.6 Å². The Kier molecular flexibility index (Phi) is 4.27. The maximum Gasteiger partial charge on any atom is 0.134 e. The second-order valence-electron chi connectivity index (χ2n) is 4.75. The van der Waals surface area contributed by atoms with Gasteiger partial charge in [-0.25, -0.2) is 0 Å². The normalized spacial score (nSPS) is 20.2. The molecule has 0 radical (unpaired) electrons. The standard InChI is InChI=1S/C14H18N2O.ClH/c15-9-12-5-3-7-16(12)10-13-8-11-4-1-2-6-14(11)17-13;/h1-2,4,6,8,12H,3,5,7,9-10,15H2;1H. The van der Waals surface area contributed by atoms with Crippen molar-refractivity contribution < 1.29 is 4.42 Å². The highest BCUT2D eigenvalue weighted by Crippen LogP contribution is 2.23. The lowest BCUT2D eigenvalue weighted by Gasteiger charge is -2.21. The second kappa shape index (κ2) is 5.74. The molecule has 1 unspecified atom stereocenters. The molecule has 1 aliphatic rings. The van der Waals surface area contributed by atoms with Gasteiger partial charge in [0.2, 0.25) is 0 Å². The third-order valence-corrected chi connectivity index (χ3v) is 3.61. The molecule has 98 valence electrons. The number of likely N-dealkylation sites (tertiary alicyclic amines) is 1. The molecule has 3 nitrogen and oxygen atoms in total. The van der Waals surface area contributed by atoms with Gasteiger partial charge >= 0.3 is 0 Å². The summed E-state index contributed by atoms with van der Waals surface area (Å²) in [5, 5.41) is 1.19. The Labute approximate surface area is 113 Å². The van der Waals surface area contributed by atoms with E-state index in [0.29, 0.717) is 6.04 Å². The number of benzene rings is 1. The molecule has 1 saturated heterocycles. The molecule has 1 aromatic heterocycles. The maximum absolute atomic E-state index is 5.84. The number of rotatable bonds is 3. The monoisotopic (exact) mass is 266 g/mol. The predicted octanol–water partition coefficient (Wildman–Crippen LogP) is 2.78. The molecule has 0 amide bonds. The summed E-state index contributed by atoms with van der Waals surface area (Å²) in [6.45, 7) is 2.77. The van der Waals surface area contributed by atoms with E-state index < -0.39 is 0 Å². The van der Waals surface area contributed by atoms with Crippen LogP contribution in [0, 0.1) is 0 Å². The lowest BCUT2D eigenvalue weighted by Crippen LogP contribution is -2.34. The van der Waals surface area contributed by atoms with Crippen molar-refractivity contribution in [3.8, 4) is 0 Å². The summed E-state index contributed by atoms with van der Waals surface area (Å²) in [5.74, 6) is 1.05. The third-order valence-electron chi connectivity index (χ3n) is 3.61. The molecule has 4 heteroatoms. The zero-order valence-corrected chi connectivity index (χ0v) is 11.2. The van der Waals surface area contributed by atoms with E-state index in [2.05, 4.69) is 17.0 Å². The molecular weight excluding hydrogens is 248 g/mol. The Bertz CT molecular complexity index is 478. The Balaban J connectivity index is 0.00000120. The highest BCUT2D eigenvalue weighted by Gasteiger charge is 2.23. The Hall–Kier alpha value is -1.03. The van der Waals surface area contributed by atoms with E-state index in [1.807, 2.05) is 18.2 Å². The number of hydrogen-bond donors (Lipinski definition) is 1. The molecule has 2 N–H and O–H groups in total. The van der Waals surface area contributed by atoms with Crippen molar-refractivity contribution in [3.05, 3.63) is 36.1 Å². The summed E-state index contributed by atoms with van der Waals surface area (Å²) in [5.41, 5.74) is 6.76. The van der Waals surface area contributed by atoms with E-state index in [1.54, 1.807) is 0 Å². The van der Waals surface area contributed by atoms with E-state index in [0.717, 1.165) is 31.0 Å². The van der Waals surface area contributed by atoms with Gasteiger partial charge in [0.05, 0.1) is 6.54 Å². The highest BCUT2D eigenvalue weighted by molar-refractivity contribution is 5.85. The first-order chi connectivity index (χ1) is 8.36. The number of para-hydroxylation sites is 1. The molecule has 0 bridgehead atoms. The van der Waals surface area contributed by atoms with Gasteiger partial charge in [-0.3, -0.25) is 4.90 Å². The molecule has 18 heavy (non-hydrogen) atoms. The van der Waals surface area contributed by atoms with Gasteiger partial charge in [-0.05, 0) is 31.5 Å². The van der Waals surface area contributed by atoms with Crippen LogP contribution >= 0.6 is 12.4 Å². The molecule has 2 heterocycles. The van der Waals surface area contributed by atoms with Crippen molar-refractivity contribution >= 4 is 23.4 Å². The van der Waals surface area contributed by atoms with Crippen molar-refractivity contribution in [2.45, 2.75) is 25.4 Å². The van der Waals surface area contributed by atoms with Gasteiger partial charge in [0, 0.05) is 18.0 Å². The molecule has 0 spiro atoms. The summed E-state index contributed by atoms with van der Waals surface area (Å²) in [4.78, 5) is 2.43. The van der Waals surface area contributed by atoms with E-state index in [-0.39, 0.29) is 12.4 Å². The topological polar surface area (TPSA) is 42.4 Å². The van der Waals surface area contributed by atoms with Gasteiger partial charge in [0.25, 0.3) is 0 Å². The average Bonchev–Trinajstić information content (AvgIpc) is 2.94. The molecular formula is C14H19ClN2O. The van der Waals surface area contributed by atoms with Crippen LogP contribution < -0.4 is 5.73 Å². The Morgan fingerprint density at radius 1 is 1.33 bits per heavy atom. The largest absolute Gasteiger partial charge is 0.460 e. The van der Waals surface area contributed by atoms with Crippen molar-refractivity contribution in [2.24, 2.45) is 5.73 Å². The van der Waals surface area contributed by atoms with Crippen LogP contribution in [-0.4, -0.2) is 24.0 Å². The molecule has 1 atom stereocenters. The zero-order chi connectivity index (χ0) is 11.7. The molecule has 0 saturated carbocycles. The minimum atomic E-state index is 0. The first-order valence-electron chi connectivity index (χ1n) is 6.28. The summed E-state index contributed by atoms with van der Waals surface area (Å²) in [7, 11) is 0. The third kappa shape index (κ3) is 2.53. The number of fused-ring (bicyclic) bond motifs is 1. The fourth-order valence-corrected chi connectivity index (χ4v) is 2.69. The van der Waals surface area contributed by atoms with Crippen LogP contribution in [0.4, 0.5) is 0 Å². The maximum atomic E-state index is 5.84. The van der Waals surface area contributed by atoms with Gasteiger partial charge in [-0.1, -0.05) is 18.2 Å². The number of nitrogens with two attached hydrogens (primary N) is 1. The number of furan rings is 1. The average molecular weight is 267 g/mol. The van der Waals surface area contributed by atoms with Crippen LogP contribution in [0.25, 0.3) is 11.0 Å². The summed E-state index contributed by atoms with van der Waals surface area (Å²) < 4.78 is 5.84. The van der Waals surface area contributed by atoms with Crippen LogP contribution in [0.3, 0.4) is 0 Å². The quantitative estimate of drug-likeness (QED) is 0.929. The van der Waals surface area contributed by atoms with Crippen LogP contribution in [0.15, 0.2) is 34.7 Å². The molecule has 0 aliphatic carbocycles. The Morgan fingerprint density at radius 3 is 2.94 bits per heavy atom. The van der Waals surface area contributed by atoms with Gasteiger partial charge in [-0.15, -0.1) is 12.4 Å². The van der Waals surface area contributed by atoms with E-state index >= 15 is 0 Å². The molecule has 1 aromatic carbocycles. The van der Waals surface area contributed by atoms with Crippen LogP contribution in [0.2, 0.25) is 0 Å². The van der Waals surface area contributed by atoms with Crippen molar-refractivity contribution in [1.82, 2.24) is 4.90 Å². The fourth-order valence-electron chi connectivity index (χ4n) is 2.69. The van der Waals surface area contributed by atoms with E-state index in [1.165, 1.54) is 18.2 Å². The van der Waals surface area contributed by atoms with Gasteiger partial charge in [-0.2, -0.15) is 0 Å².